The van der Waals surface area contributed by atoms with Crippen LogP contribution >= 0.6 is 15.9 Å². The predicted octanol–water partition coefficient (Wildman–Crippen LogP) is 3.81. The standard InChI is InChI=1S/C17H27BrN2O/c1-5-14-11-20(17(3,6-2)12-19-14)10-13-7-8-16(21-4)15(18)9-13/h7-9,14,19H,5-6,10-12H2,1-4H3. The molecule has 0 spiro atoms. The van der Waals surface area contributed by atoms with Crippen LogP contribution in [0, 0.1) is 0 Å². The molecule has 1 aliphatic heterocycles. The summed E-state index contributed by atoms with van der Waals surface area (Å²) in [7, 11) is 1.70. The van der Waals surface area contributed by atoms with Gasteiger partial charge >= 0.3 is 0 Å². The van der Waals surface area contributed by atoms with E-state index in [0.29, 0.717) is 6.04 Å². The summed E-state index contributed by atoms with van der Waals surface area (Å²) >= 11 is 3.59. The van der Waals surface area contributed by atoms with Gasteiger partial charge in [-0.1, -0.05) is 19.9 Å². The highest BCUT2D eigenvalue weighted by Crippen LogP contribution is 2.29. The van der Waals surface area contributed by atoms with E-state index in [1.54, 1.807) is 7.11 Å². The maximum Gasteiger partial charge on any atom is 0.133 e. The largest absolute Gasteiger partial charge is 0.496 e. The van der Waals surface area contributed by atoms with Gasteiger partial charge in [-0.3, -0.25) is 4.90 Å². The van der Waals surface area contributed by atoms with Gasteiger partial charge in [0.2, 0.25) is 0 Å². The third-order valence-corrected chi connectivity index (χ3v) is 5.44. The fraction of sp³-hybridized carbons (Fsp3) is 0.647. The van der Waals surface area contributed by atoms with Crippen LogP contribution in [0.15, 0.2) is 22.7 Å². The molecule has 4 heteroatoms. The lowest BCUT2D eigenvalue weighted by Crippen LogP contribution is -2.62. The number of rotatable bonds is 5. The minimum absolute atomic E-state index is 0.234. The number of benzene rings is 1. The maximum absolute atomic E-state index is 5.32. The lowest BCUT2D eigenvalue weighted by molar-refractivity contribution is 0.0408. The minimum atomic E-state index is 0.234. The third-order valence-electron chi connectivity index (χ3n) is 4.82. The molecule has 1 aromatic carbocycles. The van der Waals surface area contributed by atoms with Gasteiger partial charge in [-0.15, -0.1) is 0 Å². The van der Waals surface area contributed by atoms with Crippen LogP contribution in [-0.4, -0.2) is 36.7 Å². The van der Waals surface area contributed by atoms with Crippen molar-refractivity contribution in [1.29, 1.82) is 0 Å². The third kappa shape index (κ3) is 3.79. The first kappa shape index (κ1) is 16.8. The van der Waals surface area contributed by atoms with E-state index in [-0.39, 0.29) is 5.54 Å². The summed E-state index contributed by atoms with van der Waals surface area (Å²) in [6, 6.07) is 6.99. The quantitative estimate of drug-likeness (QED) is 0.869. The van der Waals surface area contributed by atoms with E-state index in [2.05, 4.69) is 59.1 Å². The van der Waals surface area contributed by atoms with Crippen molar-refractivity contribution in [1.82, 2.24) is 10.2 Å². The van der Waals surface area contributed by atoms with E-state index in [9.17, 15) is 0 Å². The number of halogens is 1. The molecule has 21 heavy (non-hydrogen) atoms. The molecule has 1 aromatic rings. The second kappa shape index (κ2) is 7.12. The molecule has 118 valence electrons. The molecule has 1 N–H and O–H groups in total. The van der Waals surface area contributed by atoms with Gasteiger partial charge in [-0.25, -0.2) is 0 Å². The molecule has 2 atom stereocenters. The summed E-state index contributed by atoms with van der Waals surface area (Å²) < 4.78 is 6.35. The minimum Gasteiger partial charge on any atom is -0.496 e. The van der Waals surface area contributed by atoms with Gasteiger partial charge in [-0.05, 0) is 53.4 Å². The SMILES string of the molecule is CCC1CN(Cc2ccc(OC)c(Br)c2)C(C)(CC)CN1. The zero-order valence-corrected chi connectivity index (χ0v) is 15.2. The van der Waals surface area contributed by atoms with Crippen molar-refractivity contribution < 1.29 is 4.74 Å². The summed E-state index contributed by atoms with van der Waals surface area (Å²) in [6.07, 6.45) is 2.34. The number of ether oxygens (including phenoxy) is 1. The Hall–Kier alpha value is -0.580. The second-order valence-corrected chi connectivity index (χ2v) is 7.04. The van der Waals surface area contributed by atoms with Crippen LogP contribution < -0.4 is 10.1 Å². The van der Waals surface area contributed by atoms with Crippen LogP contribution in [0.3, 0.4) is 0 Å². The van der Waals surface area contributed by atoms with Crippen LogP contribution in [-0.2, 0) is 6.54 Å². The fourth-order valence-electron chi connectivity index (χ4n) is 2.93. The van der Waals surface area contributed by atoms with Crippen LogP contribution in [0.4, 0.5) is 0 Å². The molecule has 0 amide bonds. The van der Waals surface area contributed by atoms with E-state index >= 15 is 0 Å². The van der Waals surface area contributed by atoms with E-state index in [4.69, 9.17) is 4.74 Å². The highest BCUT2D eigenvalue weighted by Gasteiger charge is 2.35. The Bertz CT molecular complexity index is 480. The lowest BCUT2D eigenvalue weighted by atomic mass is 9.91. The zero-order valence-electron chi connectivity index (χ0n) is 13.6. The van der Waals surface area contributed by atoms with Crippen molar-refractivity contribution in [2.75, 3.05) is 20.2 Å². The average molecular weight is 355 g/mol. The van der Waals surface area contributed by atoms with Gasteiger partial charge in [0.1, 0.15) is 5.75 Å². The molecule has 0 aromatic heterocycles. The average Bonchev–Trinajstić information content (AvgIpc) is 2.50. The summed E-state index contributed by atoms with van der Waals surface area (Å²) in [4.78, 5) is 2.63. The van der Waals surface area contributed by atoms with Crippen molar-refractivity contribution in [3.05, 3.63) is 28.2 Å². The summed E-state index contributed by atoms with van der Waals surface area (Å²) in [5.41, 5.74) is 1.57. The van der Waals surface area contributed by atoms with E-state index in [1.807, 2.05) is 6.07 Å². The molecule has 0 radical (unpaired) electrons. The number of hydrogen-bond acceptors (Lipinski definition) is 3. The highest BCUT2D eigenvalue weighted by atomic mass is 79.9. The Morgan fingerprint density at radius 1 is 1.43 bits per heavy atom. The molecule has 1 aliphatic rings. The number of methoxy groups -OCH3 is 1. The highest BCUT2D eigenvalue weighted by molar-refractivity contribution is 9.10. The molecular weight excluding hydrogens is 328 g/mol. The van der Waals surface area contributed by atoms with Crippen molar-refractivity contribution in [2.45, 2.75) is 51.7 Å². The monoisotopic (exact) mass is 354 g/mol. The fourth-order valence-corrected chi connectivity index (χ4v) is 3.52. The molecule has 1 fully saturated rings. The van der Waals surface area contributed by atoms with E-state index < -0.39 is 0 Å². The first-order valence-electron chi connectivity index (χ1n) is 7.83. The molecular formula is C17H27BrN2O. The molecule has 0 saturated carbocycles. The first-order valence-corrected chi connectivity index (χ1v) is 8.62. The Kier molecular flexibility index (Phi) is 5.69. The molecule has 0 aliphatic carbocycles. The molecule has 3 nitrogen and oxygen atoms in total. The Morgan fingerprint density at radius 3 is 2.76 bits per heavy atom. The predicted molar refractivity (Wildman–Crippen MR) is 91.9 cm³/mol. The van der Waals surface area contributed by atoms with Gasteiger partial charge in [0, 0.05) is 31.2 Å². The molecule has 1 saturated heterocycles. The van der Waals surface area contributed by atoms with Crippen LogP contribution in [0.5, 0.6) is 5.75 Å². The Balaban J connectivity index is 2.16. The van der Waals surface area contributed by atoms with Gasteiger partial charge in [0.15, 0.2) is 0 Å². The number of nitrogens with zero attached hydrogens (tertiary/aromatic N) is 1. The molecule has 2 unspecified atom stereocenters. The Labute approximate surface area is 137 Å². The number of hydrogen-bond donors (Lipinski definition) is 1. The lowest BCUT2D eigenvalue weighted by Gasteiger charge is -2.48. The Morgan fingerprint density at radius 2 is 2.19 bits per heavy atom. The smallest absolute Gasteiger partial charge is 0.133 e. The summed E-state index contributed by atoms with van der Waals surface area (Å²) in [5.74, 6) is 0.892. The van der Waals surface area contributed by atoms with Gasteiger partial charge < -0.3 is 10.1 Å². The summed E-state index contributed by atoms with van der Waals surface area (Å²) in [5, 5.41) is 3.68. The molecule has 2 rings (SSSR count). The molecule has 1 heterocycles. The van der Waals surface area contributed by atoms with Gasteiger partial charge in [0.05, 0.1) is 11.6 Å². The number of nitrogens with one attached hydrogen (secondary N) is 1. The molecule has 0 bridgehead atoms. The summed E-state index contributed by atoms with van der Waals surface area (Å²) in [6.45, 7) is 10.1. The zero-order chi connectivity index (χ0) is 15.5. The van der Waals surface area contributed by atoms with E-state index in [0.717, 1.165) is 36.3 Å². The topological polar surface area (TPSA) is 24.5 Å². The van der Waals surface area contributed by atoms with E-state index in [1.165, 1.54) is 12.0 Å². The van der Waals surface area contributed by atoms with Gasteiger partial charge in [-0.2, -0.15) is 0 Å². The van der Waals surface area contributed by atoms with Crippen LogP contribution in [0.25, 0.3) is 0 Å². The second-order valence-electron chi connectivity index (χ2n) is 6.19. The van der Waals surface area contributed by atoms with Crippen molar-refractivity contribution in [2.24, 2.45) is 0 Å². The van der Waals surface area contributed by atoms with Gasteiger partial charge in [0.25, 0.3) is 0 Å². The van der Waals surface area contributed by atoms with Crippen molar-refractivity contribution in [3.63, 3.8) is 0 Å². The number of piperazine rings is 1. The van der Waals surface area contributed by atoms with Crippen molar-refractivity contribution >= 4 is 15.9 Å². The van der Waals surface area contributed by atoms with Crippen LogP contribution in [0.1, 0.15) is 39.2 Å². The first-order chi connectivity index (χ1) is 10.0. The van der Waals surface area contributed by atoms with Crippen molar-refractivity contribution in [3.8, 4) is 5.75 Å². The maximum atomic E-state index is 5.32. The normalized spacial score (nSPS) is 26.8. The van der Waals surface area contributed by atoms with Crippen LogP contribution in [0.2, 0.25) is 0 Å².